The highest BCUT2D eigenvalue weighted by atomic mass is 16.3. The zero-order chi connectivity index (χ0) is 6.53. The molecule has 0 radical (unpaired) electrons. The van der Waals surface area contributed by atoms with E-state index in [1.54, 1.807) is 24.5 Å². The van der Waals surface area contributed by atoms with Gasteiger partial charge < -0.3 is 4.42 Å². The van der Waals surface area contributed by atoms with Crippen LogP contribution in [0.4, 0.5) is 0 Å². The highest BCUT2D eigenvalue weighted by molar-refractivity contribution is 5.45. The van der Waals surface area contributed by atoms with Crippen LogP contribution in [-0.4, -0.2) is 0 Å². The van der Waals surface area contributed by atoms with Crippen LogP contribution in [-0.2, 0) is 0 Å². The lowest BCUT2D eigenvalue weighted by Gasteiger charge is -1.75. The Morgan fingerprint density at radius 1 is 1.67 bits per heavy atom. The van der Waals surface area contributed by atoms with Gasteiger partial charge in [-0.15, -0.1) is 0 Å². The van der Waals surface area contributed by atoms with Crippen molar-refractivity contribution in [3.63, 3.8) is 0 Å². The maximum absolute atomic E-state index is 8.09. The second kappa shape index (κ2) is 2.73. The quantitative estimate of drug-likeness (QED) is 0.528. The molecule has 0 atom stereocenters. The molecule has 9 heavy (non-hydrogen) atoms. The summed E-state index contributed by atoms with van der Waals surface area (Å²) in [5.74, 6) is 0.705. The molecule has 0 saturated heterocycles. The van der Waals surface area contributed by atoms with Crippen LogP contribution < -0.4 is 0 Å². The second-order valence-electron chi connectivity index (χ2n) is 1.48. The third-order valence-electron chi connectivity index (χ3n) is 0.865. The van der Waals surface area contributed by atoms with Gasteiger partial charge in [0.2, 0.25) is 0 Å². The molecule has 0 saturated carbocycles. The molecule has 2 nitrogen and oxygen atoms in total. The molecule has 0 aliphatic rings. The summed E-state index contributed by atoms with van der Waals surface area (Å²) in [6.07, 6.45) is 4.55. The summed E-state index contributed by atoms with van der Waals surface area (Å²) in [5.41, 5.74) is 0. The molecular formula is C7H5NO. The van der Waals surface area contributed by atoms with Gasteiger partial charge in [-0.1, -0.05) is 0 Å². The lowest BCUT2D eigenvalue weighted by Crippen LogP contribution is -1.55. The minimum absolute atomic E-state index is 0.705. The first-order valence-electron chi connectivity index (χ1n) is 2.53. The first kappa shape index (κ1) is 5.64. The van der Waals surface area contributed by atoms with Gasteiger partial charge in [-0.2, -0.15) is 5.26 Å². The number of hydrogen-bond acceptors (Lipinski definition) is 2. The van der Waals surface area contributed by atoms with E-state index in [1.807, 2.05) is 6.07 Å². The van der Waals surface area contributed by atoms with Crippen LogP contribution in [0.2, 0.25) is 0 Å². The van der Waals surface area contributed by atoms with E-state index in [0.29, 0.717) is 5.76 Å². The third-order valence-corrected chi connectivity index (χ3v) is 0.865. The summed E-state index contributed by atoms with van der Waals surface area (Å²) in [7, 11) is 0. The van der Waals surface area contributed by atoms with Crippen molar-refractivity contribution in [1.29, 1.82) is 5.26 Å². The third kappa shape index (κ3) is 1.46. The fraction of sp³-hybridized carbons (Fsp3) is 0. The minimum atomic E-state index is 0.705. The lowest BCUT2D eigenvalue weighted by molar-refractivity contribution is 0.557. The van der Waals surface area contributed by atoms with Crippen molar-refractivity contribution in [3.05, 3.63) is 30.2 Å². The Kier molecular flexibility index (Phi) is 1.71. The lowest BCUT2D eigenvalue weighted by atomic mass is 10.4. The minimum Gasteiger partial charge on any atom is -0.465 e. The Balaban J connectivity index is 2.71. The van der Waals surface area contributed by atoms with E-state index in [9.17, 15) is 0 Å². The Bertz CT molecular complexity index is 228. The smallest absolute Gasteiger partial charge is 0.127 e. The van der Waals surface area contributed by atoms with Gasteiger partial charge in [0.25, 0.3) is 0 Å². The van der Waals surface area contributed by atoms with Crippen LogP contribution in [0.15, 0.2) is 28.9 Å². The molecule has 0 unspecified atom stereocenters. The van der Waals surface area contributed by atoms with Gasteiger partial charge in [0.1, 0.15) is 5.76 Å². The van der Waals surface area contributed by atoms with Crippen LogP contribution in [0.1, 0.15) is 5.76 Å². The van der Waals surface area contributed by atoms with Crippen LogP contribution in [0, 0.1) is 11.3 Å². The molecule has 0 N–H and O–H groups in total. The van der Waals surface area contributed by atoms with Gasteiger partial charge in [-0.05, 0) is 18.2 Å². The molecule has 1 heterocycles. The van der Waals surface area contributed by atoms with Crippen molar-refractivity contribution in [3.8, 4) is 6.07 Å². The summed E-state index contributed by atoms with van der Waals surface area (Å²) in [6, 6.07) is 5.43. The van der Waals surface area contributed by atoms with Crippen molar-refractivity contribution >= 4 is 6.08 Å². The molecule has 0 aliphatic carbocycles. The average molecular weight is 119 g/mol. The summed E-state index contributed by atoms with van der Waals surface area (Å²) in [5, 5.41) is 8.09. The van der Waals surface area contributed by atoms with Crippen molar-refractivity contribution in [2.45, 2.75) is 0 Å². The van der Waals surface area contributed by atoms with Gasteiger partial charge in [0, 0.05) is 6.08 Å². The molecule has 0 spiro atoms. The normalized spacial score (nSPS) is 9.67. The van der Waals surface area contributed by atoms with Gasteiger partial charge in [0.05, 0.1) is 12.3 Å². The first-order chi connectivity index (χ1) is 4.43. The molecule has 1 rings (SSSR count). The fourth-order valence-electron chi connectivity index (χ4n) is 0.505. The monoisotopic (exact) mass is 119 g/mol. The van der Waals surface area contributed by atoms with Crippen molar-refractivity contribution in [2.75, 3.05) is 0 Å². The standard InChI is InChI=1S/C7H5NO/c8-5-1-3-7-4-2-6-9-7/h1-4,6H. The predicted molar refractivity (Wildman–Crippen MR) is 33.4 cm³/mol. The van der Waals surface area contributed by atoms with E-state index in [2.05, 4.69) is 0 Å². The Morgan fingerprint density at radius 3 is 3.11 bits per heavy atom. The zero-order valence-corrected chi connectivity index (χ0v) is 4.74. The van der Waals surface area contributed by atoms with Gasteiger partial charge in [-0.3, -0.25) is 0 Å². The molecule has 0 bridgehead atoms. The van der Waals surface area contributed by atoms with E-state index < -0.39 is 0 Å². The maximum atomic E-state index is 8.09. The number of hydrogen-bond donors (Lipinski definition) is 0. The second-order valence-corrected chi connectivity index (χ2v) is 1.48. The largest absolute Gasteiger partial charge is 0.465 e. The van der Waals surface area contributed by atoms with Crippen molar-refractivity contribution in [2.24, 2.45) is 0 Å². The van der Waals surface area contributed by atoms with Crippen molar-refractivity contribution in [1.82, 2.24) is 0 Å². The SMILES string of the molecule is N#CC=Cc1ccco1. The number of furan rings is 1. The van der Waals surface area contributed by atoms with Crippen LogP contribution in [0.25, 0.3) is 6.08 Å². The van der Waals surface area contributed by atoms with Crippen LogP contribution >= 0.6 is 0 Å². The number of nitriles is 1. The molecule has 0 aromatic carbocycles. The van der Waals surface area contributed by atoms with E-state index >= 15 is 0 Å². The highest BCUT2D eigenvalue weighted by Gasteiger charge is 1.83. The zero-order valence-electron chi connectivity index (χ0n) is 4.74. The topological polar surface area (TPSA) is 36.9 Å². The number of nitrogens with zero attached hydrogens (tertiary/aromatic N) is 1. The Morgan fingerprint density at radius 2 is 2.56 bits per heavy atom. The van der Waals surface area contributed by atoms with E-state index in [4.69, 9.17) is 9.68 Å². The highest BCUT2D eigenvalue weighted by Crippen LogP contribution is 2.00. The first-order valence-corrected chi connectivity index (χ1v) is 2.53. The number of rotatable bonds is 1. The Labute approximate surface area is 53.0 Å². The molecule has 0 fully saturated rings. The predicted octanol–water partition coefficient (Wildman–Crippen LogP) is 1.82. The van der Waals surface area contributed by atoms with Crippen LogP contribution in [0.3, 0.4) is 0 Å². The summed E-state index contributed by atoms with van der Waals surface area (Å²) >= 11 is 0. The molecule has 0 amide bonds. The molecule has 1 aromatic heterocycles. The summed E-state index contributed by atoms with van der Waals surface area (Å²) in [6.45, 7) is 0. The number of allylic oxidation sites excluding steroid dienone is 1. The Hall–Kier alpha value is -1.49. The summed E-state index contributed by atoms with van der Waals surface area (Å²) in [4.78, 5) is 0. The van der Waals surface area contributed by atoms with E-state index in [-0.39, 0.29) is 0 Å². The van der Waals surface area contributed by atoms with Gasteiger partial charge in [0.15, 0.2) is 0 Å². The van der Waals surface area contributed by atoms with Gasteiger partial charge in [-0.25, -0.2) is 0 Å². The molecule has 2 heteroatoms. The van der Waals surface area contributed by atoms with E-state index in [0.717, 1.165) is 0 Å². The molecular weight excluding hydrogens is 114 g/mol. The molecule has 44 valence electrons. The maximum Gasteiger partial charge on any atom is 0.127 e. The van der Waals surface area contributed by atoms with Crippen LogP contribution in [0.5, 0.6) is 0 Å². The van der Waals surface area contributed by atoms with Gasteiger partial charge >= 0.3 is 0 Å². The molecule has 1 aromatic rings. The summed E-state index contributed by atoms with van der Waals surface area (Å²) < 4.78 is 4.90. The van der Waals surface area contributed by atoms with Crippen molar-refractivity contribution < 1.29 is 4.42 Å². The average Bonchev–Trinajstić information content (AvgIpc) is 2.34. The molecule has 0 aliphatic heterocycles. The van der Waals surface area contributed by atoms with E-state index in [1.165, 1.54) is 6.08 Å². The fourth-order valence-corrected chi connectivity index (χ4v) is 0.505.